The molecule has 0 bridgehead atoms. The number of nitrogens with zero attached hydrogens (tertiary/aromatic N) is 2. The molecule has 2 aliphatic rings. The fourth-order valence-corrected chi connectivity index (χ4v) is 2.96. The van der Waals surface area contributed by atoms with Gasteiger partial charge >= 0.3 is 0 Å². The van der Waals surface area contributed by atoms with E-state index in [0.717, 1.165) is 26.2 Å². The van der Waals surface area contributed by atoms with Crippen LogP contribution in [0.5, 0.6) is 0 Å². The molecule has 2 fully saturated rings. The van der Waals surface area contributed by atoms with Crippen molar-refractivity contribution in [1.29, 1.82) is 0 Å². The molecule has 1 amide bonds. The van der Waals surface area contributed by atoms with Crippen molar-refractivity contribution in [2.45, 2.75) is 19.9 Å². The van der Waals surface area contributed by atoms with E-state index in [-0.39, 0.29) is 5.91 Å². The number of amides is 1. The van der Waals surface area contributed by atoms with Gasteiger partial charge in [-0.2, -0.15) is 0 Å². The van der Waals surface area contributed by atoms with E-state index < -0.39 is 0 Å². The highest BCUT2D eigenvalue weighted by Gasteiger charge is 2.32. The van der Waals surface area contributed by atoms with Crippen molar-refractivity contribution in [3.8, 4) is 0 Å². The summed E-state index contributed by atoms with van der Waals surface area (Å²) in [6.07, 6.45) is 0. The first-order valence-corrected chi connectivity index (χ1v) is 6.97. The second kappa shape index (κ2) is 4.85. The van der Waals surface area contributed by atoms with Gasteiger partial charge in [-0.25, -0.2) is 0 Å². The lowest BCUT2D eigenvalue weighted by Gasteiger charge is -2.45. The van der Waals surface area contributed by atoms with Crippen LogP contribution in [0.15, 0.2) is 18.2 Å². The summed E-state index contributed by atoms with van der Waals surface area (Å²) in [5.74, 6) is 0.246. The maximum Gasteiger partial charge on any atom is 0.236 e. The molecule has 0 aromatic heterocycles. The van der Waals surface area contributed by atoms with Crippen molar-refractivity contribution in [3.63, 3.8) is 0 Å². The van der Waals surface area contributed by atoms with Crippen molar-refractivity contribution in [2.75, 3.05) is 37.6 Å². The molecule has 2 heterocycles. The highest BCUT2D eigenvalue weighted by atomic mass is 16.2. The summed E-state index contributed by atoms with van der Waals surface area (Å²) in [6, 6.07) is 6.94. The zero-order valence-electron chi connectivity index (χ0n) is 11.6. The minimum absolute atomic E-state index is 0.246. The Kier molecular flexibility index (Phi) is 3.19. The molecule has 4 nitrogen and oxygen atoms in total. The van der Waals surface area contributed by atoms with Crippen LogP contribution in [0.3, 0.4) is 0 Å². The zero-order chi connectivity index (χ0) is 13.4. The van der Waals surface area contributed by atoms with E-state index in [0.29, 0.717) is 12.6 Å². The number of piperazine rings is 2. The van der Waals surface area contributed by atoms with Gasteiger partial charge in [0.2, 0.25) is 5.91 Å². The third kappa shape index (κ3) is 2.32. The fourth-order valence-electron chi connectivity index (χ4n) is 2.96. The molecular weight excluding hydrogens is 238 g/mol. The van der Waals surface area contributed by atoms with Gasteiger partial charge in [-0.05, 0) is 37.1 Å². The van der Waals surface area contributed by atoms with Crippen LogP contribution in [0.2, 0.25) is 0 Å². The SMILES string of the molecule is Cc1ccc(N2CCN3C(=O)CNCC3C2)cc1C. The molecular formula is C15H21N3O. The molecule has 19 heavy (non-hydrogen) atoms. The Balaban J connectivity index is 1.77. The number of hydrogen-bond donors (Lipinski definition) is 1. The Morgan fingerprint density at radius 1 is 1.21 bits per heavy atom. The number of fused-ring (bicyclic) bond motifs is 1. The van der Waals surface area contributed by atoms with Gasteiger partial charge in [-0.15, -0.1) is 0 Å². The van der Waals surface area contributed by atoms with Crippen molar-refractivity contribution < 1.29 is 4.79 Å². The van der Waals surface area contributed by atoms with Gasteiger partial charge < -0.3 is 15.1 Å². The minimum Gasteiger partial charge on any atom is -0.368 e. The summed E-state index contributed by atoms with van der Waals surface area (Å²) in [5, 5.41) is 3.21. The van der Waals surface area contributed by atoms with Crippen LogP contribution >= 0.6 is 0 Å². The molecule has 1 aromatic carbocycles. The smallest absolute Gasteiger partial charge is 0.236 e. The third-order valence-corrected chi connectivity index (χ3v) is 4.31. The predicted octanol–water partition coefficient (Wildman–Crippen LogP) is 0.924. The molecule has 1 N–H and O–H groups in total. The quantitative estimate of drug-likeness (QED) is 0.815. The lowest BCUT2D eigenvalue weighted by molar-refractivity contribution is -0.135. The van der Waals surface area contributed by atoms with E-state index in [1.165, 1.54) is 16.8 Å². The molecule has 1 unspecified atom stereocenters. The van der Waals surface area contributed by atoms with Crippen LogP contribution in [0.25, 0.3) is 0 Å². The molecule has 0 saturated carbocycles. The Bertz CT molecular complexity index is 500. The highest BCUT2D eigenvalue weighted by Crippen LogP contribution is 2.22. The summed E-state index contributed by atoms with van der Waals surface area (Å²) in [4.78, 5) is 16.2. The number of anilines is 1. The second-order valence-corrected chi connectivity index (χ2v) is 5.59. The lowest BCUT2D eigenvalue weighted by Crippen LogP contribution is -2.63. The summed E-state index contributed by atoms with van der Waals surface area (Å²) >= 11 is 0. The summed E-state index contributed by atoms with van der Waals surface area (Å²) in [6.45, 7) is 8.42. The topological polar surface area (TPSA) is 35.6 Å². The molecule has 3 rings (SSSR count). The molecule has 0 aliphatic carbocycles. The molecule has 1 aromatic rings. The average molecular weight is 259 g/mol. The lowest BCUT2D eigenvalue weighted by atomic mass is 10.1. The van der Waals surface area contributed by atoms with Gasteiger partial charge in [0.15, 0.2) is 0 Å². The van der Waals surface area contributed by atoms with E-state index in [4.69, 9.17) is 0 Å². The first kappa shape index (κ1) is 12.5. The number of hydrogen-bond acceptors (Lipinski definition) is 3. The van der Waals surface area contributed by atoms with Crippen LogP contribution < -0.4 is 10.2 Å². The first-order valence-electron chi connectivity index (χ1n) is 6.97. The van der Waals surface area contributed by atoms with E-state index in [1.807, 2.05) is 4.90 Å². The van der Waals surface area contributed by atoms with E-state index in [2.05, 4.69) is 42.3 Å². The largest absolute Gasteiger partial charge is 0.368 e. The van der Waals surface area contributed by atoms with E-state index in [9.17, 15) is 4.79 Å². The summed E-state index contributed by atoms with van der Waals surface area (Å²) in [7, 11) is 0. The number of aryl methyl sites for hydroxylation is 2. The average Bonchev–Trinajstić information content (AvgIpc) is 2.42. The van der Waals surface area contributed by atoms with Crippen molar-refractivity contribution >= 4 is 11.6 Å². The van der Waals surface area contributed by atoms with Gasteiger partial charge in [0, 0.05) is 31.9 Å². The van der Waals surface area contributed by atoms with Crippen LogP contribution in [0.4, 0.5) is 5.69 Å². The van der Waals surface area contributed by atoms with Crippen LogP contribution in [-0.2, 0) is 4.79 Å². The molecule has 2 saturated heterocycles. The van der Waals surface area contributed by atoms with Crippen LogP contribution in [-0.4, -0.2) is 49.6 Å². The van der Waals surface area contributed by atoms with Gasteiger partial charge in [0.1, 0.15) is 0 Å². The van der Waals surface area contributed by atoms with Crippen molar-refractivity contribution in [2.24, 2.45) is 0 Å². The maximum absolute atomic E-state index is 11.8. The minimum atomic E-state index is 0.246. The number of carbonyl (C=O) groups excluding carboxylic acids is 1. The maximum atomic E-state index is 11.8. The number of nitrogens with one attached hydrogen (secondary N) is 1. The third-order valence-electron chi connectivity index (χ3n) is 4.31. The molecule has 1 atom stereocenters. The van der Waals surface area contributed by atoms with Gasteiger partial charge in [-0.1, -0.05) is 6.07 Å². The standard InChI is InChI=1S/C15H21N3O/c1-11-3-4-13(7-12(11)2)17-5-6-18-14(10-17)8-16-9-15(18)19/h3-4,7,14,16H,5-6,8-10H2,1-2H3. The molecule has 2 aliphatic heterocycles. The Labute approximate surface area is 114 Å². The van der Waals surface area contributed by atoms with E-state index >= 15 is 0 Å². The predicted molar refractivity (Wildman–Crippen MR) is 76.5 cm³/mol. The Hall–Kier alpha value is -1.55. The van der Waals surface area contributed by atoms with Crippen LogP contribution in [0, 0.1) is 13.8 Å². The number of rotatable bonds is 1. The van der Waals surface area contributed by atoms with Gasteiger partial charge in [-0.3, -0.25) is 4.79 Å². The van der Waals surface area contributed by atoms with E-state index in [1.54, 1.807) is 0 Å². The summed E-state index contributed by atoms with van der Waals surface area (Å²) in [5.41, 5.74) is 3.94. The normalized spacial score (nSPS) is 23.5. The second-order valence-electron chi connectivity index (χ2n) is 5.59. The highest BCUT2D eigenvalue weighted by molar-refractivity contribution is 5.80. The zero-order valence-corrected chi connectivity index (χ0v) is 11.6. The number of carbonyl (C=O) groups is 1. The summed E-state index contributed by atoms with van der Waals surface area (Å²) < 4.78 is 0. The van der Waals surface area contributed by atoms with Crippen molar-refractivity contribution in [1.82, 2.24) is 10.2 Å². The first-order chi connectivity index (χ1) is 9.15. The molecule has 0 spiro atoms. The van der Waals surface area contributed by atoms with Crippen LogP contribution in [0.1, 0.15) is 11.1 Å². The monoisotopic (exact) mass is 259 g/mol. The van der Waals surface area contributed by atoms with Crippen molar-refractivity contribution in [3.05, 3.63) is 29.3 Å². The molecule has 102 valence electrons. The fraction of sp³-hybridized carbons (Fsp3) is 0.533. The Morgan fingerprint density at radius 2 is 2.05 bits per heavy atom. The Morgan fingerprint density at radius 3 is 2.84 bits per heavy atom. The number of benzene rings is 1. The molecule has 4 heteroatoms. The van der Waals surface area contributed by atoms with Gasteiger partial charge in [0.05, 0.1) is 12.6 Å². The van der Waals surface area contributed by atoms with Gasteiger partial charge in [0.25, 0.3) is 0 Å². The molecule has 0 radical (unpaired) electrons.